The summed E-state index contributed by atoms with van der Waals surface area (Å²) in [6.45, 7) is 8.45. The van der Waals surface area contributed by atoms with Crippen molar-refractivity contribution in [2.45, 2.75) is 59.8 Å². The van der Waals surface area contributed by atoms with E-state index in [0.29, 0.717) is 48.2 Å². The van der Waals surface area contributed by atoms with E-state index in [2.05, 4.69) is 22.8 Å². The molecular weight excluding hydrogens is 492 g/mol. The molecule has 10 nitrogen and oxygen atoms in total. The molecule has 0 aromatic carbocycles. The number of rotatable bonds is 8. The Bertz CT molecular complexity index is 1380. The topological polar surface area (TPSA) is 193 Å². The Kier molecular flexibility index (Phi) is 10.0. The molecule has 39 heavy (non-hydrogen) atoms. The van der Waals surface area contributed by atoms with E-state index in [-0.39, 0.29) is 59.2 Å². The molecule has 0 spiro atoms. The molecule has 0 aromatic heterocycles. The molecule has 10 heteroatoms. The second kappa shape index (κ2) is 13.0. The number of nitrogens with one attached hydrogen (secondary N) is 2. The number of allylic oxidation sites excluding steroid dienone is 8. The molecule has 2 aliphatic rings. The van der Waals surface area contributed by atoms with Gasteiger partial charge in [-0.2, -0.15) is 31.6 Å². The average Bonchev–Trinajstić information content (AvgIpc) is 2.87. The maximum atomic E-state index is 12.3. The smallest absolute Gasteiger partial charge is 0.307 e. The Labute approximate surface area is 229 Å². The first-order valence-corrected chi connectivity index (χ1v) is 12.4. The summed E-state index contributed by atoms with van der Waals surface area (Å²) in [5, 5.41) is 62.8. The first-order chi connectivity index (χ1) is 18.4. The molecule has 0 amide bonds. The number of nitrogens with zero attached hydrogens (tertiary/aromatic N) is 6. The summed E-state index contributed by atoms with van der Waals surface area (Å²) in [6.07, 6.45) is 1.98. The van der Waals surface area contributed by atoms with Crippen molar-refractivity contribution in [1.82, 2.24) is 10.6 Å². The quantitative estimate of drug-likeness (QED) is 0.267. The molecule has 0 saturated heterocycles. The summed E-state index contributed by atoms with van der Waals surface area (Å²) >= 11 is 0. The van der Waals surface area contributed by atoms with E-state index >= 15 is 0 Å². The van der Waals surface area contributed by atoms with Gasteiger partial charge in [-0.05, 0) is 36.5 Å². The van der Waals surface area contributed by atoms with Crippen LogP contribution in [0.2, 0.25) is 0 Å². The molecule has 2 rings (SSSR count). The molecule has 0 atom stereocenters. The lowest BCUT2D eigenvalue weighted by Gasteiger charge is -2.33. The number of esters is 1. The highest BCUT2D eigenvalue weighted by Gasteiger charge is 2.34. The van der Waals surface area contributed by atoms with Crippen molar-refractivity contribution in [2.24, 2.45) is 10.8 Å². The maximum absolute atomic E-state index is 12.3. The van der Waals surface area contributed by atoms with Crippen LogP contribution in [-0.4, -0.2) is 25.7 Å². The lowest BCUT2D eigenvalue weighted by Crippen LogP contribution is -2.31. The molecule has 0 fully saturated rings. The van der Waals surface area contributed by atoms with Gasteiger partial charge in [0, 0.05) is 35.6 Å². The number of nitriles is 6. The Morgan fingerprint density at radius 3 is 1.51 bits per heavy atom. The first-order valence-electron chi connectivity index (χ1n) is 12.4. The van der Waals surface area contributed by atoms with Crippen LogP contribution in [0.25, 0.3) is 0 Å². The number of hydrogen-bond acceptors (Lipinski definition) is 10. The van der Waals surface area contributed by atoms with Gasteiger partial charge < -0.3 is 15.4 Å². The van der Waals surface area contributed by atoms with E-state index in [1.807, 2.05) is 52.0 Å². The van der Waals surface area contributed by atoms with Gasteiger partial charge in [0.05, 0.1) is 17.6 Å². The minimum absolute atomic E-state index is 0.0325. The van der Waals surface area contributed by atoms with Crippen molar-refractivity contribution in [1.29, 1.82) is 31.6 Å². The summed E-state index contributed by atoms with van der Waals surface area (Å²) < 4.78 is 5.31. The fourth-order valence-electron chi connectivity index (χ4n) is 4.83. The summed E-state index contributed by atoms with van der Waals surface area (Å²) in [5.74, 6) is -0.459. The molecule has 2 N–H and O–H groups in total. The van der Waals surface area contributed by atoms with Crippen LogP contribution in [-0.2, 0) is 9.53 Å². The lowest BCUT2D eigenvalue weighted by molar-refractivity contribution is -0.143. The van der Waals surface area contributed by atoms with E-state index in [4.69, 9.17) is 4.74 Å². The third-order valence-electron chi connectivity index (χ3n) is 6.47. The van der Waals surface area contributed by atoms with Crippen LogP contribution in [0.3, 0.4) is 0 Å². The van der Waals surface area contributed by atoms with Gasteiger partial charge in [-0.1, -0.05) is 27.7 Å². The van der Waals surface area contributed by atoms with Crippen molar-refractivity contribution in [3.63, 3.8) is 0 Å². The molecule has 2 aliphatic carbocycles. The van der Waals surface area contributed by atoms with Gasteiger partial charge in [0.2, 0.25) is 0 Å². The van der Waals surface area contributed by atoms with Gasteiger partial charge in [-0.15, -0.1) is 0 Å². The summed E-state index contributed by atoms with van der Waals surface area (Å²) in [7, 11) is 0. The first kappa shape index (κ1) is 30.2. The fourth-order valence-corrected chi connectivity index (χ4v) is 4.83. The Balaban J connectivity index is 2.00. The zero-order valence-corrected chi connectivity index (χ0v) is 22.7. The third-order valence-corrected chi connectivity index (χ3v) is 6.47. The Morgan fingerprint density at radius 2 is 1.13 bits per heavy atom. The Morgan fingerprint density at radius 1 is 0.718 bits per heavy atom. The van der Waals surface area contributed by atoms with Crippen LogP contribution in [0.1, 0.15) is 59.8 Å². The molecule has 0 saturated carbocycles. The van der Waals surface area contributed by atoms with Gasteiger partial charge in [0.15, 0.2) is 0 Å². The molecule has 0 unspecified atom stereocenters. The second-order valence-electron chi connectivity index (χ2n) is 10.9. The zero-order chi connectivity index (χ0) is 29.2. The standard InChI is InChI=1S/C29H30N8O2/c1-28(2)9-21(19(13-30)14-31)23(17-34)25(11-28)36-6-5-27(38)39-8-7-37-26-12-29(3,4)10-22(24(26)18-35)20(15-32)16-33/h36-37H,5-12H2,1-4H3. The second-order valence-corrected chi connectivity index (χ2v) is 10.9. The molecule has 198 valence electrons. The predicted molar refractivity (Wildman–Crippen MR) is 139 cm³/mol. The van der Waals surface area contributed by atoms with Crippen LogP contribution < -0.4 is 10.6 Å². The number of ether oxygens (including phenoxy) is 1. The minimum Gasteiger partial charge on any atom is -0.464 e. The largest absolute Gasteiger partial charge is 0.464 e. The van der Waals surface area contributed by atoms with Crippen molar-refractivity contribution >= 4 is 5.97 Å². The summed E-state index contributed by atoms with van der Waals surface area (Å²) in [6, 6.07) is 11.7. The van der Waals surface area contributed by atoms with Crippen molar-refractivity contribution in [3.05, 3.63) is 44.8 Å². The predicted octanol–water partition coefficient (Wildman–Crippen LogP) is 3.98. The van der Waals surface area contributed by atoms with Gasteiger partial charge in [-0.3, -0.25) is 4.79 Å². The van der Waals surface area contributed by atoms with Crippen molar-refractivity contribution in [3.8, 4) is 36.4 Å². The molecule has 0 bridgehead atoms. The number of carbonyl (C=O) groups is 1. The maximum Gasteiger partial charge on any atom is 0.307 e. The zero-order valence-electron chi connectivity index (χ0n) is 22.7. The van der Waals surface area contributed by atoms with E-state index in [0.717, 1.165) is 0 Å². The van der Waals surface area contributed by atoms with E-state index < -0.39 is 5.97 Å². The van der Waals surface area contributed by atoms with E-state index in [9.17, 15) is 36.4 Å². The molecule has 0 aliphatic heterocycles. The summed E-state index contributed by atoms with van der Waals surface area (Å²) in [5.41, 5.74) is 1.90. The monoisotopic (exact) mass is 522 g/mol. The highest BCUT2D eigenvalue weighted by atomic mass is 16.5. The fraction of sp³-hybridized carbons (Fsp3) is 0.483. The van der Waals surface area contributed by atoms with Crippen LogP contribution in [0.15, 0.2) is 44.8 Å². The Hall–Kier alpha value is -5.03. The highest BCUT2D eigenvalue weighted by molar-refractivity contribution is 5.69. The van der Waals surface area contributed by atoms with Crippen LogP contribution in [0.5, 0.6) is 0 Å². The number of hydrogen-bond donors (Lipinski definition) is 2. The number of carbonyl (C=O) groups excluding carboxylic acids is 1. The van der Waals surface area contributed by atoms with Gasteiger partial charge in [0.25, 0.3) is 0 Å². The molecule has 0 aromatic rings. The molecule has 0 heterocycles. The van der Waals surface area contributed by atoms with Gasteiger partial charge in [0.1, 0.15) is 54.2 Å². The van der Waals surface area contributed by atoms with Gasteiger partial charge >= 0.3 is 5.97 Å². The van der Waals surface area contributed by atoms with Crippen LogP contribution >= 0.6 is 0 Å². The highest BCUT2D eigenvalue weighted by Crippen LogP contribution is 2.43. The molecule has 0 radical (unpaired) electrons. The average molecular weight is 523 g/mol. The van der Waals surface area contributed by atoms with E-state index in [1.165, 1.54) is 0 Å². The third kappa shape index (κ3) is 7.73. The SMILES string of the molecule is CC1(C)CC(NCCOC(=O)CCNC2=C(C#N)C(=C(C#N)C#N)CC(C)(C)C2)=C(C#N)C(=C(C#N)C#N)C1. The molecular formula is C29H30N8O2. The normalized spacial score (nSPS) is 17.3. The lowest BCUT2D eigenvalue weighted by atomic mass is 9.73. The van der Waals surface area contributed by atoms with Gasteiger partial charge in [-0.25, -0.2) is 0 Å². The van der Waals surface area contributed by atoms with E-state index in [1.54, 1.807) is 0 Å². The van der Waals surface area contributed by atoms with Crippen LogP contribution in [0.4, 0.5) is 0 Å². The van der Waals surface area contributed by atoms with Crippen molar-refractivity contribution in [2.75, 3.05) is 19.7 Å². The van der Waals surface area contributed by atoms with Crippen molar-refractivity contribution < 1.29 is 9.53 Å². The van der Waals surface area contributed by atoms with Crippen LogP contribution in [0, 0.1) is 78.8 Å². The summed E-state index contributed by atoms with van der Waals surface area (Å²) in [4.78, 5) is 12.3. The minimum atomic E-state index is -0.459.